The number of hydrogen-bond acceptors (Lipinski definition) is 4. The highest BCUT2D eigenvalue weighted by atomic mass is 16.5. The summed E-state index contributed by atoms with van der Waals surface area (Å²) >= 11 is 0. The van der Waals surface area contributed by atoms with Gasteiger partial charge in [0, 0.05) is 32.3 Å². The maximum Gasteiger partial charge on any atom is 0.201 e. The summed E-state index contributed by atoms with van der Waals surface area (Å²) in [4.78, 5) is 14.0. The minimum Gasteiger partial charge on any atom is -0.497 e. The Bertz CT molecular complexity index is 649. The maximum atomic E-state index is 12.3. The van der Waals surface area contributed by atoms with Gasteiger partial charge < -0.3 is 9.64 Å². The highest BCUT2D eigenvalue weighted by Gasteiger charge is 2.21. The van der Waals surface area contributed by atoms with Crippen molar-refractivity contribution in [2.45, 2.75) is 6.42 Å². The van der Waals surface area contributed by atoms with Crippen molar-refractivity contribution in [3.63, 3.8) is 0 Å². The summed E-state index contributed by atoms with van der Waals surface area (Å²) < 4.78 is 5.17. The molecule has 0 unspecified atom stereocenters. The molecule has 1 aromatic rings. The quantitative estimate of drug-likeness (QED) is 0.620. The highest BCUT2D eigenvalue weighted by Crippen LogP contribution is 2.29. The third-order valence-corrected chi connectivity index (χ3v) is 3.11. The molecule has 0 bridgehead atoms. The molecule has 0 N–H and O–H groups in total. The van der Waals surface area contributed by atoms with Gasteiger partial charge in [-0.05, 0) is 29.3 Å². The molecule has 102 valence electrons. The topological polar surface area (TPSA) is 53.3 Å². The van der Waals surface area contributed by atoms with Gasteiger partial charge in [-0.1, -0.05) is 6.07 Å². The number of carbonyl (C=O) groups excluding carboxylic acids is 1. The van der Waals surface area contributed by atoms with Crippen LogP contribution in [0.4, 0.5) is 0 Å². The number of nitrogens with zero attached hydrogens (tertiary/aromatic N) is 2. The van der Waals surface area contributed by atoms with E-state index >= 15 is 0 Å². The minimum absolute atomic E-state index is 0.154. The molecule has 0 atom stereocenters. The Kier molecular flexibility index (Phi) is 3.90. The molecule has 4 heteroatoms. The molecule has 0 heterocycles. The zero-order valence-electron chi connectivity index (χ0n) is 11.8. The fourth-order valence-corrected chi connectivity index (χ4v) is 2.15. The van der Waals surface area contributed by atoms with E-state index in [0.717, 1.165) is 16.9 Å². The van der Waals surface area contributed by atoms with Gasteiger partial charge in [-0.2, -0.15) is 5.26 Å². The molecule has 0 spiro atoms. The van der Waals surface area contributed by atoms with E-state index in [1.165, 1.54) is 0 Å². The monoisotopic (exact) mass is 268 g/mol. The second-order valence-electron chi connectivity index (χ2n) is 4.86. The fourth-order valence-electron chi connectivity index (χ4n) is 2.15. The summed E-state index contributed by atoms with van der Waals surface area (Å²) in [5.41, 5.74) is 2.86. The molecule has 0 saturated heterocycles. The van der Waals surface area contributed by atoms with Crippen LogP contribution < -0.4 is 4.74 Å². The van der Waals surface area contributed by atoms with Crippen LogP contribution in [0, 0.1) is 11.3 Å². The number of allylic oxidation sites excluding steroid dienone is 2. The SMILES string of the molecule is COc1ccc2c(c1)C=C(C(=O)C(C#N)=CN(C)C)C2. The van der Waals surface area contributed by atoms with Crippen LogP contribution >= 0.6 is 0 Å². The molecule has 0 radical (unpaired) electrons. The first-order valence-electron chi connectivity index (χ1n) is 6.25. The minimum atomic E-state index is -0.212. The van der Waals surface area contributed by atoms with Crippen molar-refractivity contribution in [3.05, 3.63) is 46.7 Å². The van der Waals surface area contributed by atoms with E-state index in [0.29, 0.717) is 12.0 Å². The van der Waals surface area contributed by atoms with Crippen LogP contribution in [0.5, 0.6) is 5.75 Å². The molecule has 2 rings (SSSR count). The molecular weight excluding hydrogens is 252 g/mol. The van der Waals surface area contributed by atoms with Crippen LogP contribution in [0.1, 0.15) is 11.1 Å². The Morgan fingerprint density at radius 2 is 2.20 bits per heavy atom. The summed E-state index contributed by atoms with van der Waals surface area (Å²) in [5.74, 6) is 0.550. The van der Waals surface area contributed by atoms with E-state index < -0.39 is 0 Å². The van der Waals surface area contributed by atoms with Gasteiger partial charge in [0.1, 0.15) is 17.4 Å². The van der Waals surface area contributed by atoms with Crippen molar-refractivity contribution in [2.24, 2.45) is 0 Å². The lowest BCUT2D eigenvalue weighted by atomic mass is 10.0. The van der Waals surface area contributed by atoms with E-state index in [4.69, 9.17) is 10.00 Å². The van der Waals surface area contributed by atoms with Crippen LogP contribution in [0.15, 0.2) is 35.5 Å². The Hall–Kier alpha value is -2.54. The molecule has 0 aliphatic heterocycles. The molecule has 0 saturated carbocycles. The van der Waals surface area contributed by atoms with Gasteiger partial charge in [-0.15, -0.1) is 0 Å². The smallest absolute Gasteiger partial charge is 0.201 e. The van der Waals surface area contributed by atoms with Crippen molar-refractivity contribution < 1.29 is 9.53 Å². The lowest BCUT2D eigenvalue weighted by Crippen LogP contribution is -2.10. The van der Waals surface area contributed by atoms with Crippen molar-refractivity contribution in [2.75, 3.05) is 21.2 Å². The first kappa shape index (κ1) is 13.9. The van der Waals surface area contributed by atoms with Crippen molar-refractivity contribution in [1.29, 1.82) is 5.26 Å². The predicted molar refractivity (Wildman–Crippen MR) is 77.1 cm³/mol. The lowest BCUT2D eigenvalue weighted by Gasteiger charge is -2.06. The van der Waals surface area contributed by atoms with Crippen molar-refractivity contribution >= 4 is 11.9 Å². The van der Waals surface area contributed by atoms with Crippen LogP contribution in [0.3, 0.4) is 0 Å². The van der Waals surface area contributed by atoms with Gasteiger partial charge >= 0.3 is 0 Å². The van der Waals surface area contributed by atoms with E-state index in [9.17, 15) is 4.79 Å². The second-order valence-corrected chi connectivity index (χ2v) is 4.86. The standard InChI is InChI=1S/C16H16N2O2/c1-18(2)10-14(9-17)16(19)13-6-11-4-5-15(20-3)8-12(11)7-13/h4-5,7-8,10H,6H2,1-3H3. The zero-order chi connectivity index (χ0) is 14.7. The molecule has 20 heavy (non-hydrogen) atoms. The second kappa shape index (κ2) is 5.62. The summed E-state index contributed by atoms with van der Waals surface area (Å²) in [7, 11) is 5.18. The lowest BCUT2D eigenvalue weighted by molar-refractivity contribution is -0.111. The number of methoxy groups -OCH3 is 1. The van der Waals surface area contributed by atoms with Crippen LogP contribution in [0.25, 0.3) is 6.08 Å². The third kappa shape index (κ3) is 2.72. The number of carbonyl (C=O) groups is 1. The average molecular weight is 268 g/mol. The van der Waals surface area contributed by atoms with E-state index in [1.807, 2.05) is 30.3 Å². The molecule has 0 amide bonds. The van der Waals surface area contributed by atoms with Gasteiger partial charge in [0.25, 0.3) is 0 Å². The Morgan fingerprint density at radius 3 is 2.80 bits per heavy atom. The summed E-state index contributed by atoms with van der Waals surface area (Å²) in [6.45, 7) is 0. The highest BCUT2D eigenvalue weighted by molar-refractivity contribution is 6.14. The fraction of sp³-hybridized carbons (Fsp3) is 0.250. The Labute approximate surface area is 118 Å². The predicted octanol–water partition coefficient (Wildman–Crippen LogP) is 2.17. The zero-order valence-corrected chi connectivity index (χ0v) is 11.8. The number of nitriles is 1. The van der Waals surface area contributed by atoms with Crippen LogP contribution in [0.2, 0.25) is 0 Å². The summed E-state index contributed by atoms with van der Waals surface area (Å²) in [6, 6.07) is 7.69. The van der Waals surface area contributed by atoms with Crippen molar-refractivity contribution in [1.82, 2.24) is 4.90 Å². The first-order chi connectivity index (χ1) is 9.55. The third-order valence-electron chi connectivity index (χ3n) is 3.11. The van der Waals surface area contributed by atoms with Gasteiger partial charge in [0.15, 0.2) is 0 Å². The van der Waals surface area contributed by atoms with E-state index in [1.54, 1.807) is 32.3 Å². The van der Waals surface area contributed by atoms with Gasteiger partial charge in [-0.25, -0.2) is 0 Å². The normalized spacial score (nSPS) is 13.3. The Balaban J connectivity index is 2.29. The average Bonchev–Trinajstić information content (AvgIpc) is 2.86. The summed E-state index contributed by atoms with van der Waals surface area (Å²) in [6.07, 6.45) is 3.94. The molecular formula is C16H16N2O2. The molecule has 4 nitrogen and oxygen atoms in total. The number of Topliss-reactive ketones (excluding diaryl/α,β-unsaturated/α-hetero) is 1. The molecule has 1 aliphatic rings. The van der Waals surface area contributed by atoms with Gasteiger partial charge in [-0.3, -0.25) is 4.79 Å². The van der Waals surface area contributed by atoms with Crippen molar-refractivity contribution in [3.8, 4) is 11.8 Å². The first-order valence-corrected chi connectivity index (χ1v) is 6.25. The number of rotatable bonds is 4. The van der Waals surface area contributed by atoms with Crippen LogP contribution in [-0.2, 0) is 11.2 Å². The number of ether oxygens (including phenoxy) is 1. The molecule has 1 aliphatic carbocycles. The largest absolute Gasteiger partial charge is 0.497 e. The number of benzene rings is 1. The van der Waals surface area contributed by atoms with E-state index in [-0.39, 0.29) is 11.4 Å². The number of ketones is 1. The molecule has 1 aromatic carbocycles. The van der Waals surface area contributed by atoms with Crippen LogP contribution in [-0.4, -0.2) is 31.9 Å². The summed E-state index contributed by atoms with van der Waals surface area (Å²) in [5, 5.41) is 9.09. The molecule has 0 aromatic heterocycles. The Morgan fingerprint density at radius 1 is 1.45 bits per heavy atom. The van der Waals surface area contributed by atoms with Gasteiger partial charge in [0.2, 0.25) is 5.78 Å². The molecule has 0 fully saturated rings. The number of hydrogen-bond donors (Lipinski definition) is 0. The van der Waals surface area contributed by atoms with Gasteiger partial charge in [0.05, 0.1) is 7.11 Å². The number of fused-ring (bicyclic) bond motifs is 1. The van der Waals surface area contributed by atoms with E-state index in [2.05, 4.69) is 0 Å². The maximum absolute atomic E-state index is 12.3.